The summed E-state index contributed by atoms with van der Waals surface area (Å²) >= 11 is 0. The van der Waals surface area contributed by atoms with Gasteiger partial charge in [-0.05, 0) is 105 Å². The van der Waals surface area contributed by atoms with Crippen LogP contribution in [0.1, 0.15) is 100 Å². The van der Waals surface area contributed by atoms with Crippen molar-refractivity contribution in [1.29, 1.82) is 0 Å². The molecule has 5 heterocycles. The molecule has 7 N–H and O–H groups in total. The lowest BCUT2D eigenvalue weighted by atomic mass is 9.93. The molecule has 28 nitrogen and oxygen atoms in total. The molecule has 0 saturated carbocycles. The molecule has 28 heteroatoms. The summed E-state index contributed by atoms with van der Waals surface area (Å²) in [5.41, 5.74) is 17.1. The summed E-state index contributed by atoms with van der Waals surface area (Å²) in [5.74, 6) is -4.55. The maximum atomic E-state index is 12.9. The van der Waals surface area contributed by atoms with Crippen molar-refractivity contribution in [3.8, 4) is 0 Å². The monoisotopic (exact) mass is 1670 g/mol. The number of aliphatic carboxylic acids is 3. The van der Waals surface area contributed by atoms with Crippen LogP contribution in [-0.2, 0) is 98.4 Å². The van der Waals surface area contributed by atoms with Crippen molar-refractivity contribution in [2.75, 3.05) is 48.1 Å². The van der Waals surface area contributed by atoms with Crippen LogP contribution in [0.2, 0.25) is 0 Å². The van der Waals surface area contributed by atoms with Crippen molar-refractivity contribution >= 4 is 88.4 Å². The summed E-state index contributed by atoms with van der Waals surface area (Å²) in [6, 6.07) is 83.8. The predicted molar refractivity (Wildman–Crippen MR) is 458 cm³/mol. The molecule has 1 fully saturated rings. The van der Waals surface area contributed by atoms with E-state index in [-0.39, 0.29) is 97.5 Å². The van der Waals surface area contributed by atoms with Gasteiger partial charge in [-0.1, -0.05) is 262 Å². The van der Waals surface area contributed by atoms with Crippen molar-refractivity contribution in [3.63, 3.8) is 0 Å². The predicted octanol–water partition coefficient (Wildman–Crippen LogP) is 16.3. The van der Waals surface area contributed by atoms with E-state index >= 15 is 0 Å². The van der Waals surface area contributed by atoms with Gasteiger partial charge in [0.25, 0.3) is 0 Å². The van der Waals surface area contributed by atoms with E-state index in [0.717, 1.165) is 77.3 Å². The fourth-order valence-corrected chi connectivity index (χ4v) is 14.5. The van der Waals surface area contributed by atoms with Gasteiger partial charge >= 0.3 is 60.4 Å². The Bertz CT molecular complexity index is 5240. The van der Waals surface area contributed by atoms with Crippen LogP contribution in [0, 0.1) is 0 Å². The summed E-state index contributed by atoms with van der Waals surface area (Å²) < 4.78 is 37.7. The number of carboxylic acid groups (broad SMARTS) is 3. The molecule has 0 bridgehead atoms. The molecule has 15 rings (SSSR count). The maximum Gasteiger partial charge on any atom is 0.414 e. The second kappa shape index (κ2) is 43.8. The Morgan fingerprint density at radius 3 is 1.21 bits per heavy atom. The molecule has 4 aliphatic heterocycles. The first-order chi connectivity index (χ1) is 59.2. The number of H-pyrrole nitrogens is 1. The first-order valence-corrected chi connectivity index (χ1v) is 39.5. The van der Waals surface area contributed by atoms with Gasteiger partial charge in [-0.15, -0.1) is 0 Å². The molecule has 6 amide bonds. The van der Waals surface area contributed by atoms with Crippen LogP contribution < -0.4 is 25.8 Å². The number of aromatic nitrogens is 1. The van der Waals surface area contributed by atoms with E-state index in [0.29, 0.717) is 30.8 Å². The third kappa shape index (κ3) is 24.5. The molecule has 3 unspecified atom stereocenters. The van der Waals surface area contributed by atoms with Crippen LogP contribution in [-0.4, -0.2) is 148 Å². The van der Waals surface area contributed by atoms with E-state index in [9.17, 15) is 58.2 Å². The van der Waals surface area contributed by atoms with Crippen molar-refractivity contribution in [1.82, 2.24) is 20.1 Å². The Morgan fingerprint density at radius 2 is 0.805 bits per heavy atom. The highest BCUT2D eigenvalue weighted by Gasteiger charge is 2.45. The number of ether oxygens (including phenoxy) is 7. The van der Waals surface area contributed by atoms with Crippen LogP contribution in [0.15, 0.2) is 285 Å². The molecule has 123 heavy (non-hydrogen) atoms. The molecule has 1 saturated heterocycles. The fraction of sp³-hybridized carbons (Fsp3) is 0.242. The number of amides is 6. The molecule has 7 atom stereocenters. The molecule has 0 radical (unpaired) electrons. The molecule has 1 aromatic heterocycles. The molecular weight excluding hydrogens is 1570 g/mol. The number of carbonyl (C=O) groups excluding carboxylic acids is 7. The third-order valence-corrected chi connectivity index (χ3v) is 20.8. The van der Waals surface area contributed by atoms with E-state index < -0.39 is 84.6 Å². The number of nitrogens with zero attached hydrogens (tertiary/aromatic N) is 5. The summed E-state index contributed by atoms with van der Waals surface area (Å²) in [7, 11) is 1.42. The fourth-order valence-electron chi connectivity index (χ4n) is 14.5. The Labute approximate surface area is 710 Å². The Balaban J connectivity index is 0.000000165. The van der Waals surface area contributed by atoms with Gasteiger partial charge in [0.2, 0.25) is 0 Å². The van der Waals surface area contributed by atoms with Crippen LogP contribution in [0.4, 0.5) is 45.8 Å². The van der Waals surface area contributed by atoms with Crippen LogP contribution >= 0.6 is 0 Å². The van der Waals surface area contributed by atoms with E-state index in [1.165, 1.54) is 21.7 Å². The highest BCUT2D eigenvalue weighted by molar-refractivity contribution is 5.94. The quantitative estimate of drug-likeness (QED) is 0.0229. The number of nitrogens with one attached hydrogen (secondary N) is 2. The average Bonchev–Trinajstić information content (AvgIpc) is 1.65. The van der Waals surface area contributed by atoms with Gasteiger partial charge in [0, 0.05) is 62.1 Å². The summed E-state index contributed by atoms with van der Waals surface area (Å²) in [5, 5.41) is 31.8. The summed E-state index contributed by atoms with van der Waals surface area (Å²) in [6.45, 7) is 1.30. The van der Waals surface area contributed by atoms with Gasteiger partial charge in [0.05, 0.1) is 17.1 Å². The second-order valence-corrected chi connectivity index (χ2v) is 29.2. The topological polar surface area (TPSA) is 366 Å². The zero-order valence-electron chi connectivity index (χ0n) is 66.7. The number of para-hydroxylation sites is 4. The van der Waals surface area contributed by atoms with Gasteiger partial charge in [-0.25, -0.2) is 43.2 Å². The highest BCUT2D eigenvalue weighted by Crippen LogP contribution is 2.43. The number of likely N-dealkylation sites (N-methyl/N-ethyl adjacent to an activating group) is 1. The largest absolute Gasteiger partial charge is 0.480 e. The zero-order chi connectivity index (χ0) is 85.9. The smallest absolute Gasteiger partial charge is 0.414 e. The van der Waals surface area contributed by atoms with E-state index in [4.69, 9.17) is 44.0 Å². The number of carbonyl (C=O) groups is 10. The van der Waals surface area contributed by atoms with E-state index in [1.54, 1.807) is 11.0 Å². The van der Waals surface area contributed by atoms with Crippen LogP contribution in [0.5, 0.6) is 0 Å². The molecule has 0 aliphatic carbocycles. The normalized spacial score (nSPS) is 15.7. The minimum Gasteiger partial charge on any atom is -0.480 e. The number of aromatic amines is 1. The maximum absolute atomic E-state index is 12.9. The Morgan fingerprint density at radius 1 is 0.447 bits per heavy atom. The van der Waals surface area contributed by atoms with Gasteiger partial charge in [0.1, 0.15) is 63.8 Å². The summed E-state index contributed by atoms with van der Waals surface area (Å²) in [6.07, 6.45) is -2.78. The number of fused-ring (bicyclic) bond motifs is 4. The van der Waals surface area contributed by atoms with Crippen molar-refractivity contribution in [2.45, 2.75) is 115 Å². The average molecular weight is 1670 g/mol. The SMILES string of the molecule is C.CN(C(=O)OCc1ccccc1)[C@@H](CC1CN(C(=O)OCc2ccccc2)c2ccccc21)C(=O)O.N[C@@H](Cc1cc2ccccc2[nH]1)C(=O)O.O=C(N[C@@H](CC1CN(C(=O)OCc2ccccc2)c2ccccc21)C(=O)O)OCc1ccccc1.O=C1OCN(C(=O)OCc2ccccc2)[C@H]1CC1CN(C(=O)OCc2ccccc2)c2ccccc21. The lowest BCUT2D eigenvalue weighted by Gasteiger charge is -2.26. The van der Waals surface area contributed by atoms with E-state index in [2.05, 4.69) is 10.3 Å². The van der Waals surface area contributed by atoms with Gasteiger partial charge in [0.15, 0.2) is 6.73 Å². The summed E-state index contributed by atoms with van der Waals surface area (Å²) in [4.78, 5) is 134. The number of alkyl carbamates (subject to hydrolysis) is 1. The Hall–Kier alpha value is -14.8. The van der Waals surface area contributed by atoms with E-state index in [1.807, 2.05) is 279 Å². The molecule has 4 aliphatic rings. The number of nitrogens with two attached hydrogens (primary N) is 1. The molecular formula is C95H96N8O20. The third-order valence-electron chi connectivity index (χ3n) is 20.8. The Kier molecular flexibility index (Phi) is 31.7. The standard InChI is InChI=1S/C28H26N2O6.C28H28N2O6.C27H26N2O6.C11H12N2O2.CH4/c31-26-25(30(19-36-26)28(33)35-18-21-11-5-2-6-12-21)15-22-16-29(24-14-8-7-13-23(22)24)27(32)34-17-20-9-3-1-4-10-20;1-29(27(33)35-18-20-10-4-2-5-11-20)25(26(31)32)16-22-17-30(24-15-9-8-14-23(22)24)28(34)36-19-21-12-6-3-7-13-21;30-25(31)23(28-26(32)34-17-19-9-3-1-4-10-19)15-21-16-29(24-14-8-7-13-22(21)24)27(33)35-18-20-11-5-2-6-12-20;12-9(11(14)15)6-8-5-7-3-1-2-4-10(7)13-8;/h1-14,22,25H,15-19H2;2-15,22,25H,16-19H2,1H3,(H,31,32);1-14,21,23H,15-18H2,(H,28,32)(H,30,31);1-5,9,13H,6,12H2,(H,14,15);1H4/t2*22?,25-;21?,23-;9-;/m0000./s1. The number of cyclic esters (lactones) is 1. The first kappa shape index (κ1) is 89.0. The lowest BCUT2D eigenvalue weighted by Crippen LogP contribution is -2.44. The van der Waals surface area contributed by atoms with Crippen LogP contribution in [0.3, 0.4) is 0 Å². The van der Waals surface area contributed by atoms with Gasteiger partial charge in [-0.3, -0.25) is 29.3 Å². The molecule has 10 aromatic carbocycles. The number of carboxylic acids is 3. The second-order valence-electron chi connectivity index (χ2n) is 29.2. The molecule has 636 valence electrons. The number of anilines is 3. The highest BCUT2D eigenvalue weighted by atomic mass is 16.6. The van der Waals surface area contributed by atoms with Gasteiger partial charge in [-0.2, -0.15) is 0 Å². The number of benzene rings is 10. The van der Waals surface area contributed by atoms with Crippen LogP contribution in [0.25, 0.3) is 10.9 Å². The lowest BCUT2D eigenvalue weighted by molar-refractivity contribution is -0.143. The minimum absolute atomic E-state index is 0. The minimum atomic E-state index is -1.18. The van der Waals surface area contributed by atoms with Gasteiger partial charge < -0.3 is 64.5 Å². The van der Waals surface area contributed by atoms with Crippen molar-refractivity contribution in [2.24, 2.45) is 5.73 Å². The molecule has 0 spiro atoms. The first-order valence-electron chi connectivity index (χ1n) is 39.5. The zero-order valence-corrected chi connectivity index (χ0v) is 66.7. The molecule has 11 aromatic rings. The van der Waals surface area contributed by atoms with Crippen molar-refractivity contribution < 1.29 is 96.4 Å². The number of esters is 1. The number of rotatable bonds is 25. The van der Waals surface area contributed by atoms with Crippen molar-refractivity contribution in [3.05, 3.63) is 341 Å². The number of hydrogen-bond acceptors (Lipinski definition) is 18. The number of hydrogen-bond donors (Lipinski definition) is 6.